The van der Waals surface area contributed by atoms with E-state index in [1.165, 1.54) is 11.3 Å². The van der Waals surface area contributed by atoms with Crippen molar-refractivity contribution in [2.45, 2.75) is 0 Å². The first-order valence-electron chi connectivity index (χ1n) is 7.42. The second kappa shape index (κ2) is 8.13. The van der Waals surface area contributed by atoms with E-state index in [0.717, 1.165) is 15.7 Å². The van der Waals surface area contributed by atoms with Crippen molar-refractivity contribution < 1.29 is 14.3 Å². The minimum atomic E-state index is -0.264. The summed E-state index contributed by atoms with van der Waals surface area (Å²) >= 11 is 4.78. The van der Waals surface area contributed by atoms with Crippen LogP contribution in [0.1, 0.15) is 0 Å². The predicted molar refractivity (Wildman–Crippen MR) is 102 cm³/mol. The molecule has 3 rings (SSSR count). The fraction of sp³-hybridized carbons (Fsp3) is 0.111. The zero-order valence-electron chi connectivity index (χ0n) is 13.4. The lowest BCUT2D eigenvalue weighted by molar-refractivity contribution is -0.118. The molecule has 0 aliphatic rings. The van der Waals surface area contributed by atoms with Crippen LogP contribution in [0.5, 0.6) is 11.5 Å². The van der Waals surface area contributed by atoms with Crippen molar-refractivity contribution in [2.75, 3.05) is 19.0 Å². The average Bonchev–Trinajstić information content (AvgIpc) is 3.09. The molecule has 3 aromatic rings. The number of halogens is 1. The van der Waals surface area contributed by atoms with Crippen LogP contribution in [0.15, 0.2) is 58.4 Å². The van der Waals surface area contributed by atoms with E-state index in [1.54, 1.807) is 25.3 Å². The minimum absolute atomic E-state index is 0.0969. The lowest BCUT2D eigenvalue weighted by Crippen LogP contribution is -2.20. The SMILES string of the molecule is COc1cccc(OCC(=O)Nc2nc(-c3ccc(Br)cc3)cs2)c1. The van der Waals surface area contributed by atoms with Gasteiger partial charge in [-0.05, 0) is 24.3 Å². The lowest BCUT2D eigenvalue weighted by atomic mass is 10.2. The number of amides is 1. The first-order chi connectivity index (χ1) is 12.1. The number of carbonyl (C=O) groups excluding carboxylic acids is 1. The molecule has 0 atom stereocenters. The van der Waals surface area contributed by atoms with Crippen molar-refractivity contribution in [3.63, 3.8) is 0 Å². The minimum Gasteiger partial charge on any atom is -0.497 e. The molecule has 0 spiro atoms. The molecule has 128 valence electrons. The highest BCUT2D eigenvalue weighted by molar-refractivity contribution is 9.10. The molecular weight excluding hydrogens is 404 g/mol. The average molecular weight is 419 g/mol. The topological polar surface area (TPSA) is 60.5 Å². The van der Waals surface area contributed by atoms with E-state index in [4.69, 9.17) is 9.47 Å². The second-order valence-corrected chi connectivity index (χ2v) is 6.83. The predicted octanol–water partition coefficient (Wildman–Crippen LogP) is 4.60. The number of aromatic nitrogens is 1. The number of benzene rings is 2. The van der Waals surface area contributed by atoms with Gasteiger partial charge in [-0.15, -0.1) is 11.3 Å². The molecule has 1 amide bonds. The summed E-state index contributed by atoms with van der Waals surface area (Å²) in [6.45, 7) is -0.0969. The molecule has 1 N–H and O–H groups in total. The Hall–Kier alpha value is -2.38. The standard InChI is InChI=1S/C18H15BrN2O3S/c1-23-14-3-2-4-15(9-14)24-10-17(22)21-18-20-16(11-25-18)12-5-7-13(19)8-6-12/h2-9,11H,10H2,1H3,(H,20,21,22). The molecule has 0 saturated heterocycles. The van der Waals surface area contributed by atoms with Gasteiger partial charge in [0.1, 0.15) is 11.5 Å². The van der Waals surface area contributed by atoms with Crippen molar-refractivity contribution in [2.24, 2.45) is 0 Å². The van der Waals surface area contributed by atoms with Crippen LogP contribution in [0.2, 0.25) is 0 Å². The highest BCUT2D eigenvalue weighted by Gasteiger charge is 2.09. The van der Waals surface area contributed by atoms with E-state index < -0.39 is 0 Å². The molecule has 1 heterocycles. The van der Waals surface area contributed by atoms with Gasteiger partial charge >= 0.3 is 0 Å². The summed E-state index contributed by atoms with van der Waals surface area (Å²) in [5, 5.41) is 5.19. The van der Waals surface area contributed by atoms with Crippen molar-refractivity contribution in [1.82, 2.24) is 4.98 Å². The molecule has 0 bridgehead atoms. The molecule has 0 fully saturated rings. The number of thiazole rings is 1. The zero-order chi connectivity index (χ0) is 17.6. The van der Waals surface area contributed by atoms with E-state index in [1.807, 2.05) is 35.7 Å². The summed E-state index contributed by atoms with van der Waals surface area (Å²) in [7, 11) is 1.58. The highest BCUT2D eigenvalue weighted by Crippen LogP contribution is 2.26. The number of rotatable bonds is 6. The van der Waals surface area contributed by atoms with Gasteiger partial charge in [0.15, 0.2) is 11.7 Å². The molecule has 0 aliphatic carbocycles. The molecule has 7 heteroatoms. The first-order valence-corrected chi connectivity index (χ1v) is 9.09. The van der Waals surface area contributed by atoms with Gasteiger partial charge in [0.05, 0.1) is 12.8 Å². The van der Waals surface area contributed by atoms with E-state index in [-0.39, 0.29) is 12.5 Å². The smallest absolute Gasteiger partial charge is 0.264 e. The van der Waals surface area contributed by atoms with Gasteiger partial charge in [-0.3, -0.25) is 10.1 Å². The molecular formula is C18H15BrN2O3S. The summed E-state index contributed by atoms with van der Waals surface area (Å²) in [5.74, 6) is 0.987. The van der Waals surface area contributed by atoms with Gasteiger partial charge in [0.25, 0.3) is 5.91 Å². The number of methoxy groups -OCH3 is 1. The van der Waals surface area contributed by atoms with Crippen LogP contribution in [0.4, 0.5) is 5.13 Å². The van der Waals surface area contributed by atoms with Gasteiger partial charge in [-0.1, -0.05) is 34.1 Å². The zero-order valence-corrected chi connectivity index (χ0v) is 15.8. The number of nitrogens with zero attached hydrogens (tertiary/aromatic N) is 1. The van der Waals surface area contributed by atoms with E-state index >= 15 is 0 Å². The number of anilines is 1. The molecule has 0 aliphatic heterocycles. The molecule has 0 radical (unpaired) electrons. The third-order valence-corrected chi connectivity index (χ3v) is 4.59. The van der Waals surface area contributed by atoms with Crippen LogP contribution >= 0.6 is 27.3 Å². The van der Waals surface area contributed by atoms with Crippen LogP contribution in [-0.4, -0.2) is 24.6 Å². The first kappa shape index (κ1) is 17.4. The summed E-state index contributed by atoms with van der Waals surface area (Å²) in [6.07, 6.45) is 0. The summed E-state index contributed by atoms with van der Waals surface area (Å²) in [4.78, 5) is 16.5. The fourth-order valence-corrected chi connectivity index (χ4v) is 3.08. The lowest BCUT2D eigenvalue weighted by Gasteiger charge is -2.07. The van der Waals surface area contributed by atoms with Gasteiger partial charge in [0.2, 0.25) is 0 Å². The Morgan fingerprint density at radius 3 is 2.72 bits per heavy atom. The van der Waals surface area contributed by atoms with Crippen molar-refractivity contribution >= 4 is 38.3 Å². The number of hydrogen-bond acceptors (Lipinski definition) is 5. The van der Waals surface area contributed by atoms with Gasteiger partial charge in [0, 0.05) is 21.5 Å². The third kappa shape index (κ3) is 4.80. The molecule has 5 nitrogen and oxygen atoms in total. The summed E-state index contributed by atoms with van der Waals surface area (Å²) in [5.41, 5.74) is 1.81. The number of hydrogen-bond donors (Lipinski definition) is 1. The molecule has 2 aromatic carbocycles. The Kier molecular flexibility index (Phi) is 5.67. The molecule has 25 heavy (non-hydrogen) atoms. The maximum Gasteiger partial charge on any atom is 0.264 e. The number of ether oxygens (including phenoxy) is 2. The Balaban J connectivity index is 1.57. The van der Waals surface area contributed by atoms with Crippen molar-refractivity contribution in [1.29, 1.82) is 0 Å². The molecule has 0 unspecified atom stereocenters. The van der Waals surface area contributed by atoms with Gasteiger partial charge < -0.3 is 9.47 Å². The van der Waals surface area contributed by atoms with E-state index in [2.05, 4.69) is 26.2 Å². The van der Waals surface area contributed by atoms with Crippen LogP contribution < -0.4 is 14.8 Å². The van der Waals surface area contributed by atoms with E-state index in [9.17, 15) is 4.79 Å². The highest BCUT2D eigenvalue weighted by atomic mass is 79.9. The number of nitrogens with one attached hydrogen (secondary N) is 1. The molecule has 1 aromatic heterocycles. The number of carbonyl (C=O) groups is 1. The van der Waals surface area contributed by atoms with Gasteiger partial charge in [-0.25, -0.2) is 4.98 Å². The summed E-state index contributed by atoms with van der Waals surface area (Å²) in [6, 6.07) is 15.0. The maximum absolute atomic E-state index is 12.0. The quantitative estimate of drug-likeness (QED) is 0.635. The monoisotopic (exact) mass is 418 g/mol. The Labute approximate surface area is 157 Å². The Morgan fingerprint density at radius 2 is 1.96 bits per heavy atom. The van der Waals surface area contributed by atoms with Crippen LogP contribution in [-0.2, 0) is 4.79 Å². The summed E-state index contributed by atoms with van der Waals surface area (Å²) < 4.78 is 11.6. The van der Waals surface area contributed by atoms with Crippen LogP contribution in [0.25, 0.3) is 11.3 Å². The van der Waals surface area contributed by atoms with Crippen LogP contribution in [0, 0.1) is 0 Å². The van der Waals surface area contributed by atoms with Crippen molar-refractivity contribution in [3.8, 4) is 22.8 Å². The normalized spacial score (nSPS) is 10.3. The second-order valence-electron chi connectivity index (χ2n) is 5.06. The largest absolute Gasteiger partial charge is 0.497 e. The Morgan fingerprint density at radius 1 is 1.20 bits per heavy atom. The van der Waals surface area contributed by atoms with Crippen LogP contribution in [0.3, 0.4) is 0 Å². The fourth-order valence-electron chi connectivity index (χ4n) is 2.08. The van der Waals surface area contributed by atoms with Crippen molar-refractivity contribution in [3.05, 3.63) is 58.4 Å². The maximum atomic E-state index is 12.0. The molecule has 0 saturated carbocycles. The third-order valence-electron chi connectivity index (χ3n) is 3.30. The Bertz CT molecular complexity index is 865. The van der Waals surface area contributed by atoms with Gasteiger partial charge in [-0.2, -0.15) is 0 Å². The van der Waals surface area contributed by atoms with E-state index in [0.29, 0.717) is 16.6 Å².